The van der Waals surface area contributed by atoms with Gasteiger partial charge in [0.15, 0.2) is 11.6 Å². The largest absolute Gasteiger partial charge is 0.494 e. The first kappa shape index (κ1) is 17.9. The highest BCUT2D eigenvalue weighted by atomic mass is 19.1. The van der Waals surface area contributed by atoms with Crippen LogP contribution < -0.4 is 10.3 Å². The summed E-state index contributed by atoms with van der Waals surface area (Å²) in [7, 11) is 1.40. The highest BCUT2D eigenvalue weighted by Gasteiger charge is 2.17. The highest BCUT2D eigenvalue weighted by Crippen LogP contribution is 2.24. The van der Waals surface area contributed by atoms with Crippen LogP contribution in [0.15, 0.2) is 65.7 Å². The molecule has 0 radical (unpaired) electrons. The van der Waals surface area contributed by atoms with E-state index in [1.54, 1.807) is 18.5 Å². The number of aliphatic hydroxyl groups excluding tert-OH is 1. The number of aromatic nitrogens is 3. The van der Waals surface area contributed by atoms with Crippen molar-refractivity contribution in [2.24, 2.45) is 0 Å². The molecule has 28 heavy (non-hydrogen) atoms. The van der Waals surface area contributed by atoms with Crippen LogP contribution in [0.2, 0.25) is 0 Å². The summed E-state index contributed by atoms with van der Waals surface area (Å²) in [4.78, 5) is 13.0. The maximum absolute atomic E-state index is 14.0. The van der Waals surface area contributed by atoms with Crippen molar-refractivity contribution in [3.8, 4) is 17.0 Å². The number of hydrogen-bond acceptors (Lipinski definition) is 4. The molecule has 0 amide bonds. The number of methoxy groups -OCH3 is 1. The molecule has 0 fully saturated rings. The van der Waals surface area contributed by atoms with Crippen LogP contribution in [0.3, 0.4) is 0 Å². The first-order valence-corrected chi connectivity index (χ1v) is 8.71. The summed E-state index contributed by atoms with van der Waals surface area (Å²) in [6.45, 7) is -0.128. The van der Waals surface area contributed by atoms with Gasteiger partial charge < -0.3 is 14.4 Å². The van der Waals surface area contributed by atoms with Crippen molar-refractivity contribution >= 4 is 5.52 Å². The van der Waals surface area contributed by atoms with Gasteiger partial charge in [-0.1, -0.05) is 36.4 Å². The van der Waals surface area contributed by atoms with Crippen molar-refractivity contribution in [3.05, 3.63) is 88.2 Å². The van der Waals surface area contributed by atoms with Crippen LogP contribution in [0.25, 0.3) is 16.8 Å². The maximum atomic E-state index is 14.0. The number of benzene rings is 2. The van der Waals surface area contributed by atoms with Crippen molar-refractivity contribution in [3.63, 3.8) is 0 Å². The van der Waals surface area contributed by atoms with E-state index in [-0.39, 0.29) is 24.5 Å². The monoisotopic (exact) mass is 379 g/mol. The average Bonchev–Trinajstić information content (AvgIpc) is 3.10. The van der Waals surface area contributed by atoms with E-state index in [0.29, 0.717) is 22.3 Å². The Hall–Kier alpha value is -3.45. The first-order chi connectivity index (χ1) is 13.6. The number of halogens is 1. The SMILES string of the molecule is COc1ccc(Cn2ccn3nc(-c4ccccc4)c(CO)c3c2=O)cc1F. The van der Waals surface area contributed by atoms with Crippen molar-refractivity contribution in [1.29, 1.82) is 0 Å². The van der Waals surface area contributed by atoms with E-state index >= 15 is 0 Å². The molecule has 0 saturated carbocycles. The number of aliphatic hydroxyl groups is 1. The Morgan fingerprint density at radius 3 is 2.61 bits per heavy atom. The summed E-state index contributed by atoms with van der Waals surface area (Å²) < 4.78 is 21.8. The number of nitrogens with zero attached hydrogens (tertiary/aromatic N) is 3. The molecule has 0 saturated heterocycles. The van der Waals surface area contributed by atoms with Crippen molar-refractivity contribution in [2.45, 2.75) is 13.2 Å². The van der Waals surface area contributed by atoms with Crippen LogP contribution in [0.1, 0.15) is 11.1 Å². The zero-order valence-electron chi connectivity index (χ0n) is 15.2. The van der Waals surface area contributed by atoms with Crippen molar-refractivity contribution in [1.82, 2.24) is 14.2 Å². The lowest BCUT2D eigenvalue weighted by Gasteiger charge is -2.08. The lowest BCUT2D eigenvalue weighted by atomic mass is 10.1. The minimum atomic E-state index is -0.485. The Labute approximate surface area is 160 Å². The second-order valence-electron chi connectivity index (χ2n) is 6.34. The molecule has 7 heteroatoms. The highest BCUT2D eigenvalue weighted by molar-refractivity contribution is 5.72. The summed E-state index contributed by atoms with van der Waals surface area (Å²) in [5, 5.41) is 14.4. The molecular weight excluding hydrogens is 361 g/mol. The fraction of sp³-hybridized carbons (Fsp3) is 0.143. The molecule has 0 unspecified atom stereocenters. The number of rotatable bonds is 5. The standard InChI is InChI=1S/C21H18FN3O3/c1-28-18-8-7-14(11-17(18)22)12-24-9-10-25-20(21(24)27)16(13-26)19(23-25)15-5-3-2-4-6-15/h2-11,26H,12-13H2,1H3. The van der Waals surface area contributed by atoms with Gasteiger partial charge in [0, 0.05) is 23.5 Å². The van der Waals surface area contributed by atoms with Crippen molar-refractivity contribution < 1.29 is 14.2 Å². The third-order valence-corrected chi connectivity index (χ3v) is 4.63. The lowest BCUT2D eigenvalue weighted by molar-refractivity contribution is 0.283. The van der Waals surface area contributed by atoms with Gasteiger partial charge >= 0.3 is 0 Å². The average molecular weight is 379 g/mol. The van der Waals surface area contributed by atoms with Crippen LogP contribution in [0.5, 0.6) is 5.75 Å². The predicted octanol–water partition coefficient (Wildman–Crippen LogP) is 2.85. The normalized spacial score (nSPS) is 11.1. The van der Waals surface area contributed by atoms with Crippen LogP contribution in [-0.4, -0.2) is 26.4 Å². The molecule has 0 aliphatic rings. The summed E-state index contributed by atoms with van der Waals surface area (Å²) in [6.07, 6.45) is 3.25. The molecule has 4 rings (SSSR count). The zero-order chi connectivity index (χ0) is 19.7. The number of fused-ring (bicyclic) bond motifs is 1. The molecule has 0 spiro atoms. The molecule has 2 heterocycles. The van der Waals surface area contributed by atoms with E-state index in [2.05, 4.69) is 5.10 Å². The van der Waals surface area contributed by atoms with Gasteiger partial charge in [-0.3, -0.25) is 4.79 Å². The molecule has 0 aliphatic carbocycles. The molecule has 2 aromatic heterocycles. The van der Waals surface area contributed by atoms with Gasteiger partial charge in [0.2, 0.25) is 0 Å². The first-order valence-electron chi connectivity index (χ1n) is 8.71. The van der Waals surface area contributed by atoms with Crippen LogP contribution >= 0.6 is 0 Å². The van der Waals surface area contributed by atoms with Gasteiger partial charge in [0.1, 0.15) is 5.52 Å². The Kier molecular flexibility index (Phi) is 4.67. The van der Waals surface area contributed by atoms with E-state index < -0.39 is 5.82 Å². The van der Waals surface area contributed by atoms with Gasteiger partial charge in [-0.15, -0.1) is 0 Å². The second kappa shape index (κ2) is 7.28. The summed E-state index contributed by atoms with van der Waals surface area (Å²) in [5.74, 6) is -0.335. The van der Waals surface area contributed by atoms with Gasteiger partial charge in [-0.05, 0) is 17.7 Å². The third kappa shape index (κ3) is 3.05. The van der Waals surface area contributed by atoms with Crippen molar-refractivity contribution in [2.75, 3.05) is 7.11 Å². The molecule has 6 nitrogen and oxygen atoms in total. The second-order valence-corrected chi connectivity index (χ2v) is 6.34. The molecule has 0 atom stereocenters. The zero-order valence-corrected chi connectivity index (χ0v) is 15.2. The third-order valence-electron chi connectivity index (χ3n) is 4.63. The lowest BCUT2D eigenvalue weighted by Crippen LogP contribution is -2.22. The molecular formula is C21H18FN3O3. The fourth-order valence-corrected chi connectivity index (χ4v) is 3.26. The number of hydrogen-bond donors (Lipinski definition) is 1. The molecule has 4 aromatic rings. The van der Waals surface area contributed by atoms with Crippen LogP contribution in [-0.2, 0) is 13.2 Å². The van der Waals surface area contributed by atoms with Gasteiger partial charge in [0.05, 0.1) is 26.0 Å². The van der Waals surface area contributed by atoms with Gasteiger partial charge in [0.25, 0.3) is 5.56 Å². The topological polar surface area (TPSA) is 68.8 Å². The molecule has 0 aliphatic heterocycles. The maximum Gasteiger partial charge on any atom is 0.277 e. The van der Waals surface area contributed by atoms with E-state index in [1.165, 1.54) is 28.3 Å². The van der Waals surface area contributed by atoms with Gasteiger partial charge in [-0.25, -0.2) is 8.91 Å². The predicted molar refractivity (Wildman–Crippen MR) is 103 cm³/mol. The Balaban J connectivity index is 1.81. The fourth-order valence-electron chi connectivity index (χ4n) is 3.26. The van der Waals surface area contributed by atoms with Gasteiger partial charge in [-0.2, -0.15) is 5.10 Å². The van der Waals surface area contributed by atoms with E-state index in [4.69, 9.17) is 4.74 Å². The van der Waals surface area contributed by atoms with E-state index in [1.807, 2.05) is 30.3 Å². The van der Waals surface area contributed by atoms with Crippen LogP contribution in [0.4, 0.5) is 4.39 Å². The van der Waals surface area contributed by atoms with E-state index in [0.717, 1.165) is 5.56 Å². The van der Waals surface area contributed by atoms with Crippen LogP contribution in [0, 0.1) is 5.82 Å². The number of ether oxygens (including phenoxy) is 1. The Morgan fingerprint density at radius 1 is 1.14 bits per heavy atom. The molecule has 0 bridgehead atoms. The Morgan fingerprint density at radius 2 is 1.93 bits per heavy atom. The molecule has 1 N–H and O–H groups in total. The molecule has 2 aromatic carbocycles. The van der Waals surface area contributed by atoms with E-state index in [9.17, 15) is 14.3 Å². The summed E-state index contributed by atoms with van der Waals surface area (Å²) in [5.41, 5.74) is 2.46. The minimum absolute atomic E-state index is 0.150. The minimum Gasteiger partial charge on any atom is -0.494 e. The molecule has 142 valence electrons. The quantitative estimate of drug-likeness (QED) is 0.579. The Bertz CT molecular complexity index is 1200. The smallest absolute Gasteiger partial charge is 0.277 e. The summed E-state index contributed by atoms with van der Waals surface area (Å²) in [6, 6.07) is 14.0. The summed E-state index contributed by atoms with van der Waals surface area (Å²) >= 11 is 0.